The van der Waals surface area contributed by atoms with Crippen LogP contribution in [0.3, 0.4) is 0 Å². The molecule has 0 saturated heterocycles. The summed E-state index contributed by atoms with van der Waals surface area (Å²) < 4.78 is 5.48. The van der Waals surface area contributed by atoms with E-state index < -0.39 is 0 Å². The van der Waals surface area contributed by atoms with Gasteiger partial charge in [0.05, 0.1) is 25.1 Å². The van der Waals surface area contributed by atoms with E-state index in [4.69, 9.17) is 4.74 Å². The first-order valence-electron chi connectivity index (χ1n) is 6.91. The van der Waals surface area contributed by atoms with Crippen LogP contribution in [0.5, 0.6) is 0 Å². The lowest BCUT2D eigenvalue weighted by molar-refractivity contribution is 0.140. The molecule has 1 aromatic carbocycles. The first-order valence-corrected chi connectivity index (χ1v) is 6.91. The number of benzene rings is 1. The fourth-order valence-corrected chi connectivity index (χ4v) is 1.79. The molecule has 1 heterocycles. The number of urea groups is 1. The Bertz CT molecular complexity index is 532. The maximum Gasteiger partial charge on any atom is 0.319 e. The van der Waals surface area contributed by atoms with E-state index in [0.29, 0.717) is 25.4 Å². The van der Waals surface area contributed by atoms with Crippen LogP contribution < -0.4 is 10.6 Å². The monoisotopic (exact) mass is 285 g/mol. The molecule has 110 valence electrons. The molecule has 21 heavy (non-hydrogen) atoms. The Morgan fingerprint density at radius 2 is 1.95 bits per heavy atom. The third kappa shape index (κ3) is 6.05. The van der Waals surface area contributed by atoms with E-state index in [0.717, 1.165) is 6.42 Å². The molecule has 0 aliphatic rings. The Hall–Kier alpha value is -2.40. The minimum Gasteiger partial charge on any atom is -0.379 e. The topological polar surface area (TPSA) is 63.2 Å². The molecule has 2 aromatic rings. The molecule has 2 amide bonds. The van der Waals surface area contributed by atoms with Crippen molar-refractivity contribution >= 4 is 11.7 Å². The van der Waals surface area contributed by atoms with Crippen molar-refractivity contribution in [2.24, 2.45) is 0 Å². The number of carbonyl (C=O) groups excluding carboxylic acids is 1. The molecule has 0 fully saturated rings. The lowest BCUT2D eigenvalue weighted by Crippen LogP contribution is -2.31. The average Bonchev–Trinajstić information content (AvgIpc) is 2.53. The highest BCUT2D eigenvalue weighted by Crippen LogP contribution is 2.01. The van der Waals surface area contributed by atoms with Crippen LogP contribution in [0, 0.1) is 0 Å². The van der Waals surface area contributed by atoms with Crippen LogP contribution in [0.2, 0.25) is 0 Å². The van der Waals surface area contributed by atoms with Gasteiger partial charge in [-0.05, 0) is 24.1 Å². The second-order valence-corrected chi connectivity index (χ2v) is 4.47. The summed E-state index contributed by atoms with van der Waals surface area (Å²) in [7, 11) is 0. The highest BCUT2D eigenvalue weighted by molar-refractivity contribution is 5.88. The normalized spacial score (nSPS) is 10.1. The van der Waals surface area contributed by atoms with E-state index in [2.05, 4.69) is 27.8 Å². The summed E-state index contributed by atoms with van der Waals surface area (Å²) in [4.78, 5) is 15.5. The van der Waals surface area contributed by atoms with Crippen molar-refractivity contribution in [2.45, 2.75) is 6.42 Å². The zero-order valence-electron chi connectivity index (χ0n) is 11.8. The summed E-state index contributed by atoms with van der Waals surface area (Å²) in [6.45, 7) is 1.62. The minimum absolute atomic E-state index is 0.255. The van der Waals surface area contributed by atoms with E-state index in [-0.39, 0.29) is 6.03 Å². The van der Waals surface area contributed by atoms with Crippen molar-refractivity contribution in [3.05, 3.63) is 60.4 Å². The smallest absolute Gasteiger partial charge is 0.319 e. The van der Waals surface area contributed by atoms with Gasteiger partial charge in [-0.3, -0.25) is 4.98 Å². The quantitative estimate of drug-likeness (QED) is 0.768. The molecule has 0 aliphatic carbocycles. The van der Waals surface area contributed by atoms with Gasteiger partial charge >= 0.3 is 6.03 Å². The number of carbonyl (C=O) groups is 1. The van der Waals surface area contributed by atoms with Crippen LogP contribution in [0.4, 0.5) is 10.5 Å². The lowest BCUT2D eigenvalue weighted by atomic mass is 10.2. The van der Waals surface area contributed by atoms with Gasteiger partial charge in [-0.15, -0.1) is 0 Å². The molecular weight excluding hydrogens is 266 g/mol. The summed E-state index contributed by atoms with van der Waals surface area (Å²) >= 11 is 0. The molecular formula is C16H19N3O2. The molecule has 5 heteroatoms. The maximum absolute atomic E-state index is 11.6. The van der Waals surface area contributed by atoms with Crippen molar-refractivity contribution in [3.63, 3.8) is 0 Å². The molecule has 0 saturated carbocycles. The number of pyridine rings is 1. The third-order valence-corrected chi connectivity index (χ3v) is 2.83. The average molecular weight is 285 g/mol. The maximum atomic E-state index is 11.6. The predicted molar refractivity (Wildman–Crippen MR) is 82.2 cm³/mol. The van der Waals surface area contributed by atoms with Gasteiger partial charge in [-0.1, -0.05) is 30.3 Å². The number of nitrogens with zero attached hydrogens (tertiary/aromatic N) is 1. The van der Waals surface area contributed by atoms with Gasteiger partial charge in [-0.2, -0.15) is 0 Å². The summed E-state index contributed by atoms with van der Waals surface area (Å²) in [5.41, 5.74) is 1.92. The van der Waals surface area contributed by atoms with Gasteiger partial charge in [0, 0.05) is 12.7 Å². The zero-order chi connectivity index (χ0) is 14.8. The number of anilines is 1. The summed E-state index contributed by atoms with van der Waals surface area (Å²) in [6.07, 6.45) is 4.13. The highest BCUT2D eigenvalue weighted by Gasteiger charge is 2.00. The molecule has 0 radical (unpaired) electrons. The Balaban J connectivity index is 1.52. The third-order valence-electron chi connectivity index (χ3n) is 2.83. The Morgan fingerprint density at radius 1 is 1.10 bits per heavy atom. The fourth-order valence-electron chi connectivity index (χ4n) is 1.79. The lowest BCUT2D eigenvalue weighted by Gasteiger charge is -2.08. The van der Waals surface area contributed by atoms with Gasteiger partial charge in [-0.25, -0.2) is 4.79 Å². The molecule has 0 spiro atoms. The van der Waals surface area contributed by atoms with Gasteiger partial charge in [0.15, 0.2) is 0 Å². The van der Waals surface area contributed by atoms with Crippen LogP contribution in [0.15, 0.2) is 54.9 Å². The standard InChI is InChI=1S/C16H19N3O2/c20-16(19-15-7-4-9-17-13-15)18-10-12-21-11-8-14-5-2-1-3-6-14/h1-7,9,13H,8,10-12H2,(H2,18,19,20). The van der Waals surface area contributed by atoms with Gasteiger partial charge < -0.3 is 15.4 Å². The van der Waals surface area contributed by atoms with Crippen LogP contribution >= 0.6 is 0 Å². The number of hydrogen-bond donors (Lipinski definition) is 2. The first-order chi connectivity index (χ1) is 10.3. The highest BCUT2D eigenvalue weighted by atomic mass is 16.5. The van der Waals surface area contributed by atoms with E-state index >= 15 is 0 Å². The predicted octanol–water partition coefficient (Wildman–Crippen LogP) is 2.46. The van der Waals surface area contributed by atoms with Gasteiger partial charge in [0.1, 0.15) is 0 Å². The molecule has 2 N–H and O–H groups in total. The fraction of sp³-hybridized carbons (Fsp3) is 0.250. The largest absolute Gasteiger partial charge is 0.379 e. The molecule has 0 aliphatic heterocycles. The number of ether oxygens (including phenoxy) is 1. The van der Waals surface area contributed by atoms with Crippen LogP contribution in [0.1, 0.15) is 5.56 Å². The van der Waals surface area contributed by atoms with Crippen LogP contribution in [-0.2, 0) is 11.2 Å². The first kappa shape index (κ1) is 15.0. The number of amides is 2. The summed E-state index contributed by atoms with van der Waals surface area (Å²) in [5, 5.41) is 5.42. The van der Waals surface area contributed by atoms with Crippen molar-refractivity contribution in [1.82, 2.24) is 10.3 Å². The Kier molecular flexibility index (Phi) is 6.22. The zero-order valence-corrected chi connectivity index (χ0v) is 11.8. The van der Waals surface area contributed by atoms with Crippen LogP contribution in [-0.4, -0.2) is 30.8 Å². The minimum atomic E-state index is -0.255. The Morgan fingerprint density at radius 3 is 2.71 bits per heavy atom. The van der Waals surface area contributed by atoms with Crippen LogP contribution in [0.25, 0.3) is 0 Å². The number of hydrogen-bond acceptors (Lipinski definition) is 3. The molecule has 0 bridgehead atoms. The summed E-state index contributed by atoms with van der Waals surface area (Å²) in [5.74, 6) is 0. The van der Waals surface area contributed by atoms with E-state index in [1.807, 2.05) is 18.2 Å². The van der Waals surface area contributed by atoms with Gasteiger partial charge in [0.2, 0.25) is 0 Å². The molecule has 1 aromatic heterocycles. The van der Waals surface area contributed by atoms with E-state index in [9.17, 15) is 4.79 Å². The van der Waals surface area contributed by atoms with Crippen molar-refractivity contribution < 1.29 is 9.53 Å². The number of nitrogens with one attached hydrogen (secondary N) is 2. The second kappa shape index (κ2) is 8.71. The number of aromatic nitrogens is 1. The summed E-state index contributed by atoms with van der Waals surface area (Å²) in [6, 6.07) is 13.5. The van der Waals surface area contributed by atoms with Crippen molar-refractivity contribution in [2.75, 3.05) is 25.1 Å². The second-order valence-electron chi connectivity index (χ2n) is 4.47. The molecule has 2 rings (SSSR count). The molecule has 5 nitrogen and oxygen atoms in total. The Labute approximate surface area is 124 Å². The number of rotatable bonds is 7. The molecule has 0 unspecified atom stereocenters. The van der Waals surface area contributed by atoms with E-state index in [1.54, 1.807) is 24.5 Å². The van der Waals surface area contributed by atoms with Crippen molar-refractivity contribution in [3.8, 4) is 0 Å². The molecule has 0 atom stereocenters. The van der Waals surface area contributed by atoms with E-state index in [1.165, 1.54) is 5.56 Å². The van der Waals surface area contributed by atoms with Gasteiger partial charge in [0.25, 0.3) is 0 Å². The van der Waals surface area contributed by atoms with Crippen molar-refractivity contribution in [1.29, 1.82) is 0 Å². The SMILES string of the molecule is O=C(NCCOCCc1ccccc1)Nc1cccnc1.